The Labute approximate surface area is 247 Å². The van der Waals surface area contributed by atoms with Crippen LogP contribution < -0.4 is 11.5 Å². The first-order valence-corrected chi connectivity index (χ1v) is 17.8. The highest BCUT2D eigenvalue weighted by atomic mass is 16.4. The summed E-state index contributed by atoms with van der Waals surface area (Å²) in [6.45, 7) is 2.34. The standard InChI is InChI=1S/C35H56N4O2/c1-19(35(37,31-17-23-5-9-27(31)13-23)33(39-41)29-15-21-3-7-25(29)11-21)18-34(36,30-16-22-4-8-26(30)12-22)32(38-40)28-14-20-2-6-24(28)10-20/h19-31,40-41H,2-18,36-37H2,1H3. The quantitative estimate of drug-likeness (QED) is 0.140. The van der Waals surface area contributed by atoms with Crippen molar-refractivity contribution in [2.24, 2.45) is 98.7 Å². The number of nitrogens with zero attached hydrogens (tertiary/aromatic N) is 2. The Balaban J connectivity index is 1.17. The van der Waals surface area contributed by atoms with Crippen LogP contribution in [0.4, 0.5) is 0 Å². The predicted molar refractivity (Wildman–Crippen MR) is 162 cm³/mol. The second kappa shape index (κ2) is 9.94. The van der Waals surface area contributed by atoms with E-state index >= 15 is 0 Å². The zero-order valence-electron chi connectivity index (χ0n) is 25.5. The van der Waals surface area contributed by atoms with Gasteiger partial charge in [0.05, 0.1) is 22.5 Å². The molecule has 15 atom stereocenters. The second-order valence-electron chi connectivity index (χ2n) is 17.2. The minimum absolute atomic E-state index is 0.0661. The lowest BCUT2D eigenvalue weighted by Crippen LogP contribution is -2.66. The molecular weight excluding hydrogens is 508 g/mol. The summed E-state index contributed by atoms with van der Waals surface area (Å²) in [5, 5.41) is 30.1. The number of rotatable bonds is 9. The molecule has 0 aromatic rings. The van der Waals surface area contributed by atoms with Crippen molar-refractivity contribution in [1.82, 2.24) is 0 Å². The lowest BCUT2D eigenvalue weighted by molar-refractivity contribution is 0.129. The SMILES string of the molecule is CC(CC(N)(C(=NO)C1CC2CCC1C2)C1CC2CCC1C2)C(N)(C(=NO)C1CC2CCC1C2)C1CC2CCC1C2. The average molecular weight is 565 g/mol. The molecule has 8 rings (SSSR count). The van der Waals surface area contributed by atoms with Gasteiger partial charge >= 0.3 is 0 Å². The molecule has 8 saturated carbocycles. The van der Waals surface area contributed by atoms with Crippen LogP contribution in [0.25, 0.3) is 0 Å². The second-order valence-corrected chi connectivity index (χ2v) is 17.2. The highest BCUT2D eigenvalue weighted by Gasteiger charge is 2.61. The smallest absolute Gasteiger partial charge is 0.0808 e. The fourth-order valence-corrected chi connectivity index (χ4v) is 13.8. The van der Waals surface area contributed by atoms with Gasteiger partial charge in [-0.1, -0.05) is 42.9 Å². The minimum Gasteiger partial charge on any atom is -0.411 e. The summed E-state index contributed by atoms with van der Waals surface area (Å²) in [6.07, 6.45) is 20.9. The van der Waals surface area contributed by atoms with Gasteiger partial charge in [0.25, 0.3) is 0 Å². The molecule has 0 heterocycles. The molecule has 8 aliphatic rings. The summed E-state index contributed by atoms with van der Waals surface area (Å²) in [7, 11) is 0. The van der Waals surface area contributed by atoms with Gasteiger partial charge in [-0.3, -0.25) is 0 Å². The molecule has 6 nitrogen and oxygen atoms in total. The molecule has 8 aliphatic carbocycles. The van der Waals surface area contributed by atoms with Crippen molar-refractivity contribution >= 4 is 11.4 Å². The highest BCUT2D eigenvalue weighted by molar-refractivity contribution is 5.98. The van der Waals surface area contributed by atoms with Crippen LogP contribution >= 0.6 is 0 Å². The maximum atomic E-state index is 10.8. The van der Waals surface area contributed by atoms with Crippen molar-refractivity contribution in [2.45, 2.75) is 127 Å². The Kier molecular flexibility index (Phi) is 6.65. The van der Waals surface area contributed by atoms with E-state index in [0.717, 1.165) is 54.4 Å². The van der Waals surface area contributed by atoms with Gasteiger partial charge in [0, 0.05) is 11.8 Å². The molecule has 0 saturated heterocycles. The fourth-order valence-electron chi connectivity index (χ4n) is 13.8. The topological polar surface area (TPSA) is 117 Å². The molecule has 41 heavy (non-hydrogen) atoms. The zero-order valence-corrected chi connectivity index (χ0v) is 25.5. The van der Waals surface area contributed by atoms with Crippen LogP contribution in [-0.2, 0) is 0 Å². The van der Waals surface area contributed by atoms with Crippen molar-refractivity contribution in [1.29, 1.82) is 0 Å². The van der Waals surface area contributed by atoms with Crippen LogP contribution in [-0.4, -0.2) is 32.9 Å². The number of hydrogen-bond donors (Lipinski definition) is 4. The first-order chi connectivity index (χ1) is 19.8. The maximum Gasteiger partial charge on any atom is 0.0808 e. The Morgan fingerprint density at radius 3 is 1.44 bits per heavy atom. The third-order valence-corrected chi connectivity index (χ3v) is 15.5. The van der Waals surface area contributed by atoms with Crippen molar-refractivity contribution in [3.05, 3.63) is 0 Å². The monoisotopic (exact) mass is 564 g/mol. The van der Waals surface area contributed by atoms with Gasteiger partial charge in [0.1, 0.15) is 0 Å². The van der Waals surface area contributed by atoms with E-state index in [4.69, 9.17) is 11.5 Å². The van der Waals surface area contributed by atoms with E-state index in [2.05, 4.69) is 17.2 Å². The Hall–Kier alpha value is -1.14. The van der Waals surface area contributed by atoms with E-state index in [9.17, 15) is 10.4 Å². The van der Waals surface area contributed by atoms with Crippen LogP contribution in [0.2, 0.25) is 0 Å². The van der Waals surface area contributed by atoms with Crippen LogP contribution in [0.15, 0.2) is 10.3 Å². The van der Waals surface area contributed by atoms with Crippen LogP contribution in [0.5, 0.6) is 0 Å². The van der Waals surface area contributed by atoms with E-state index in [1.54, 1.807) is 0 Å². The summed E-state index contributed by atoms with van der Waals surface area (Å²) < 4.78 is 0. The molecular formula is C35H56N4O2. The van der Waals surface area contributed by atoms with Crippen molar-refractivity contribution in [2.75, 3.05) is 0 Å². The predicted octanol–water partition coefficient (Wildman–Crippen LogP) is 6.81. The number of hydrogen-bond acceptors (Lipinski definition) is 6. The van der Waals surface area contributed by atoms with Crippen LogP contribution in [0, 0.1) is 76.9 Å². The molecule has 228 valence electrons. The third-order valence-electron chi connectivity index (χ3n) is 15.5. The lowest BCUT2D eigenvalue weighted by atomic mass is 9.57. The Morgan fingerprint density at radius 1 is 0.610 bits per heavy atom. The number of nitrogens with two attached hydrogens (primary N) is 2. The van der Waals surface area contributed by atoms with Crippen molar-refractivity contribution in [3.8, 4) is 0 Å². The molecule has 8 fully saturated rings. The number of fused-ring (bicyclic) bond motifs is 8. The molecule has 6 N–H and O–H groups in total. The molecule has 0 amide bonds. The molecule has 0 aliphatic heterocycles. The fraction of sp³-hybridized carbons (Fsp3) is 0.943. The van der Waals surface area contributed by atoms with Gasteiger partial charge < -0.3 is 21.9 Å². The first-order valence-electron chi connectivity index (χ1n) is 17.8. The number of oxime groups is 2. The van der Waals surface area contributed by atoms with Gasteiger partial charge in [-0.05, 0) is 149 Å². The lowest BCUT2D eigenvalue weighted by Gasteiger charge is -2.51. The van der Waals surface area contributed by atoms with Gasteiger partial charge in [-0.15, -0.1) is 0 Å². The molecule has 15 unspecified atom stereocenters. The van der Waals surface area contributed by atoms with E-state index in [1.165, 1.54) is 89.9 Å². The molecule has 0 aromatic heterocycles. The van der Waals surface area contributed by atoms with E-state index in [1.807, 2.05) is 0 Å². The maximum absolute atomic E-state index is 10.8. The van der Waals surface area contributed by atoms with E-state index in [-0.39, 0.29) is 5.92 Å². The molecule has 0 aromatic carbocycles. The Morgan fingerprint density at radius 2 is 1.05 bits per heavy atom. The summed E-state index contributed by atoms with van der Waals surface area (Å²) in [6, 6.07) is 0. The van der Waals surface area contributed by atoms with E-state index < -0.39 is 11.1 Å². The van der Waals surface area contributed by atoms with Gasteiger partial charge in [-0.2, -0.15) is 0 Å². The van der Waals surface area contributed by atoms with E-state index in [0.29, 0.717) is 47.3 Å². The summed E-state index contributed by atoms with van der Waals surface area (Å²) in [5.41, 5.74) is 16.3. The van der Waals surface area contributed by atoms with Crippen LogP contribution in [0.1, 0.15) is 116 Å². The highest BCUT2D eigenvalue weighted by Crippen LogP contribution is 2.60. The summed E-state index contributed by atoms with van der Waals surface area (Å²) in [5.74, 6) is 7.05. The third kappa shape index (κ3) is 4.07. The molecule has 0 radical (unpaired) electrons. The molecule has 8 bridgehead atoms. The van der Waals surface area contributed by atoms with Gasteiger partial charge in [0.2, 0.25) is 0 Å². The summed E-state index contributed by atoms with van der Waals surface area (Å²) >= 11 is 0. The largest absolute Gasteiger partial charge is 0.411 e. The Bertz CT molecular complexity index is 1090. The normalized spacial score (nSPS) is 50.1. The van der Waals surface area contributed by atoms with Crippen molar-refractivity contribution < 1.29 is 10.4 Å². The summed E-state index contributed by atoms with van der Waals surface area (Å²) in [4.78, 5) is 0. The average Bonchev–Trinajstić information content (AvgIpc) is 3.84. The minimum atomic E-state index is -0.652. The van der Waals surface area contributed by atoms with Gasteiger partial charge in [-0.25, -0.2) is 0 Å². The molecule has 6 heteroatoms. The van der Waals surface area contributed by atoms with Crippen LogP contribution in [0.3, 0.4) is 0 Å². The van der Waals surface area contributed by atoms with Gasteiger partial charge in [0.15, 0.2) is 0 Å². The molecule has 0 spiro atoms. The van der Waals surface area contributed by atoms with Crippen molar-refractivity contribution in [3.63, 3.8) is 0 Å². The first kappa shape index (κ1) is 27.4. The zero-order chi connectivity index (χ0) is 28.1.